The van der Waals surface area contributed by atoms with Crippen LogP contribution in [0.3, 0.4) is 0 Å². The summed E-state index contributed by atoms with van der Waals surface area (Å²) in [4.78, 5) is 17.3. The minimum atomic E-state index is -1.21. The van der Waals surface area contributed by atoms with E-state index in [-0.39, 0.29) is 5.91 Å². The van der Waals surface area contributed by atoms with Crippen molar-refractivity contribution in [2.75, 3.05) is 4.90 Å². The number of hydrogen-bond donors (Lipinski definition) is 0. The van der Waals surface area contributed by atoms with E-state index in [0.29, 0.717) is 22.4 Å². The number of fused-ring (bicyclic) bond motifs is 11. The zero-order valence-corrected chi connectivity index (χ0v) is 25.8. The van der Waals surface area contributed by atoms with Gasteiger partial charge in [-0.25, -0.2) is 0 Å². The molecule has 1 amide bonds. The number of nitrogens with zero attached hydrogens (tertiary/aromatic N) is 1. The molecule has 2 aliphatic rings. The summed E-state index contributed by atoms with van der Waals surface area (Å²) < 4.78 is 6.96. The molecule has 0 saturated heterocycles. The lowest BCUT2D eigenvalue weighted by molar-refractivity contribution is -0.120. The van der Waals surface area contributed by atoms with Gasteiger partial charge in [0.15, 0.2) is 0 Å². The van der Waals surface area contributed by atoms with Gasteiger partial charge in [0.2, 0.25) is 5.91 Å². The van der Waals surface area contributed by atoms with Crippen molar-refractivity contribution in [3.63, 3.8) is 0 Å². The summed E-state index contributed by atoms with van der Waals surface area (Å²) in [5, 5.41) is 4.13. The van der Waals surface area contributed by atoms with E-state index in [4.69, 9.17) is 27.6 Å². The third kappa shape index (κ3) is 3.63. The summed E-state index contributed by atoms with van der Waals surface area (Å²) in [5.41, 5.74) is 8.05. The van der Waals surface area contributed by atoms with Gasteiger partial charge in [-0.3, -0.25) is 4.79 Å². The highest BCUT2D eigenvalue weighted by Gasteiger charge is 2.60. The fourth-order valence-electron chi connectivity index (χ4n) is 7.50. The number of halogens is 2. The molecule has 216 valence electrons. The number of carbonyl (C=O) groups excluding carboxylic acids is 1. The largest absolute Gasteiger partial charge is 0.455 e. The van der Waals surface area contributed by atoms with E-state index in [0.717, 1.165) is 66.4 Å². The third-order valence-electron chi connectivity index (χ3n) is 9.45. The van der Waals surface area contributed by atoms with Crippen molar-refractivity contribution in [1.29, 1.82) is 0 Å². The molecule has 1 aliphatic heterocycles. The molecule has 1 atom stereocenters. The Kier molecular flexibility index (Phi) is 5.66. The topological polar surface area (TPSA) is 33.5 Å². The molecular weight excluding hydrogens is 597 g/mol. The van der Waals surface area contributed by atoms with E-state index in [1.54, 1.807) is 0 Å². The molecule has 45 heavy (non-hydrogen) atoms. The number of rotatable bonds is 3. The van der Waals surface area contributed by atoms with Crippen molar-refractivity contribution in [3.05, 3.63) is 159 Å². The Bertz CT molecular complexity index is 2360. The molecule has 1 aliphatic carbocycles. The summed E-state index contributed by atoms with van der Waals surface area (Å²) in [6.07, 6.45) is 0. The fourth-order valence-corrected chi connectivity index (χ4v) is 7.84. The molecule has 0 bridgehead atoms. The molecule has 1 spiro atoms. The van der Waals surface area contributed by atoms with Crippen molar-refractivity contribution >= 4 is 56.5 Å². The highest BCUT2D eigenvalue weighted by Crippen LogP contribution is 2.63. The second-order valence-electron chi connectivity index (χ2n) is 12.0. The van der Waals surface area contributed by atoms with Crippen molar-refractivity contribution in [3.8, 4) is 22.5 Å². The lowest BCUT2D eigenvalue weighted by Crippen LogP contribution is -2.40. The first-order valence-corrected chi connectivity index (χ1v) is 15.7. The molecule has 1 aromatic heterocycles. The van der Waals surface area contributed by atoms with Crippen molar-refractivity contribution < 1.29 is 9.21 Å². The lowest BCUT2D eigenvalue weighted by atomic mass is 9.72. The maximum atomic E-state index is 15.4. The summed E-state index contributed by atoms with van der Waals surface area (Å²) in [6.45, 7) is 2.51. The van der Waals surface area contributed by atoms with Gasteiger partial charge in [0, 0.05) is 43.2 Å². The standard InChI is InChI=1S/C40H25Cl2NO2/c1-23-11-13-25(14-12-23)31-19-26-9-5-6-10-29(26)37-35(31)36-38(45-37)30-17-15-27(41)20-32(30)40(36)33-21-28(42)16-18-34(33)43(39(40)44)22-24-7-3-2-4-8-24/h2-21H,22H2,1H3. The number of anilines is 1. The Hall–Kier alpha value is -4.83. The van der Waals surface area contributed by atoms with Gasteiger partial charge in [0.25, 0.3) is 0 Å². The average molecular weight is 623 g/mol. The Morgan fingerprint density at radius 3 is 2.24 bits per heavy atom. The number of benzene rings is 6. The van der Waals surface area contributed by atoms with Crippen molar-refractivity contribution in [1.82, 2.24) is 0 Å². The highest BCUT2D eigenvalue weighted by atomic mass is 35.5. The number of furan rings is 1. The van der Waals surface area contributed by atoms with Crippen LogP contribution in [-0.2, 0) is 16.8 Å². The molecule has 7 aromatic rings. The van der Waals surface area contributed by atoms with Crippen LogP contribution in [0.4, 0.5) is 5.69 Å². The Morgan fingerprint density at radius 1 is 0.733 bits per heavy atom. The van der Waals surface area contributed by atoms with Crippen molar-refractivity contribution in [2.24, 2.45) is 0 Å². The van der Waals surface area contributed by atoms with Gasteiger partial charge < -0.3 is 9.32 Å². The van der Waals surface area contributed by atoms with Crippen LogP contribution >= 0.6 is 23.2 Å². The van der Waals surface area contributed by atoms with Gasteiger partial charge in [-0.1, -0.05) is 108 Å². The number of aryl methyl sites for hydroxylation is 1. The van der Waals surface area contributed by atoms with E-state index in [2.05, 4.69) is 49.4 Å². The monoisotopic (exact) mass is 621 g/mol. The summed E-state index contributed by atoms with van der Waals surface area (Å²) in [5.74, 6) is 0.652. The molecular formula is C40H25Cl2NO2. The predicted molar refractivity (Wildman–Crippen MR) is 183 cm³/mol. The smallest absolute Gasteiger partial charge is 0.247 e. The van der Waals surface area contributed by atoms with Gasteiger partial charge in [-0.2, -0.15) is 0 Å². The van der Waals surface area contributed by atoms with E-state index >= 15 is 4.79 Å². The summed E-state index contributed by atoms with van der Waals surface area (Å²) in [6, 6.07) is 40.7. The average Bonchev–Trinajstić information content (AvgIpc) is 3.65. The summed E-state index contributed by atoms with van der Waals surface area (Å²) >= 11 is 13.5. The highest BCUT2D eigenvalue weighted by molar-refractivity contribution is 6.32. The van der Waals surface area contributed by atoms with E-state index in [9.17, 15) is 0 Å². The minimum absolute atomic E-state index is 0.0448. The zero-order valence-electron chi connectivity index (χ0n) is 24.3. The molecule has 0 fully saturated rings. The van der Waals surface area contributed by atoms with Crippen LogP contribution in [0, 0.1) is 6.92 Å². The van der Waals surface area contributed by atoms with Crippen LogP contribution in [0.5, 0.6) is 0 Å². The molecule has 0 saturated carbocycles. The number of carbonyl (C=O) groups is 1. The Balaban J connectivity index is 1.45. The first-order chi connectivity index (χ1) is 21.9. The first kappa shape index (κ1) is 26.6. The predicted octanol–water partition coefficient (Wildman–Crippen LogP) is 10.7. The number of amides is 1. The maximum absolute atomic E-state index is 15.4. The molecule has 2 heterocycles. The quantitative estimate of drug-likeness (QED) is 0.197. The van der Waals surface area contributed by atoms with Gasteiger partial charge in [-0.15, -0.1) is 0 Å². The van der Waals surface area contributed by atoms with Crippen LogP contribution in [0.1, 0.15) is 27.8 Å². The molecule has 0 radical (unpaired) electrons. The molecule has 1 unspecified atom stereocenters. The minimum Gasteiger partial charge on any atom is -0.455 e. The second-order valence-corrected chi connectivity index (χ2v) is 12.9. The molecule has 9 rings (SSSR count). The summed E-state index contributed by atoms with van der Waals surface area (Å²) in [7, 11) is 0. The molecule has 0 N–H and O–H groups in total. The van der Waals surface area contributed by atoms with Crippen LogP contribution < -0.4 is 4.90 Å². The van der Waals surface area contributed by atoms with Gasteiger partial charge in [0.1, 0.15) is 16.8 Å². The lowest BCUT2D eigenvalue weighted by Gasteiger charge is -2.27. The second kappa shape index (κ2) is 9.58. The first-order valence-electron chi connectivity index (χ1n) is 15.0. The fraction of sp³-hybridized carbons (Fsp3) is 0.0750. The van der Waals surface area contributed by atoms with E-state index < -0.39 is 5.41 Å². The molecule has 3 nitrogen and oxygen atoms in total. The van der Waals surface area contributed by atoms with Gasteiger partial charge in [0.05, 0.1) is 6.54 Å². The Labute approximate surface area is 270 Å². The van der Waals surface area contributed by atoms with E-state index in [1.807, 2.05) is 83.8 Å². The van der Waals surface area contributed by atoms with Crippen LogP contribution in [-0.4, -0.2) is 5.91 Å². The number of hydrogen-bond acceptors (Lipinski definition) is 2. The zero-order chi connectivity index (χ0) is 30.4. The van der Waals surface area contributed by atoms with Crippen LogP contribution in [0.25, 0.3) is 44.2 Å². The van der Waals surface area contributed by atoms with Gasteiger partial charge >= 0.3 is 0 Å². The normalized spacial score (nSPS) is 16.5. The van der Waals surface area contributed by atoms with E-state index in [1.165, 1.54) is 5.56 Å². The van der Waals surface area contributed by atoms with Crippen molar-refractivity contribution in [2.45, 2.75) is 18.9 Å². The van der Waals surface area contributed by atoms with Crippen LogP contribution in [0.2, 0.25) is 10.0 Å². The maximum Gasteiger partial charge on any atom is 0.247 e. The van der Waals surface area contributed by atoms with Gasteiger partial charge in [-0.05, 0) is 77.0 Å². The molecule has 6 aromatic carbocycles. The molecule has 5 heteroatoms. The SMILES string of the molecule is Cc1ccc(-c2cc3ccccc3c3oc4c(c23)C2(C(=O)N(Cc3ccccc3)c3ccc(Cl)cc32)c2cc(Cl)ccc2-4)cc1. The van der Waals surface area contributed by atoms with Crippen LogP contribution in [0.15, 0.2) is 126 Å². The Morgan fingerprint density at radius 2 is 1.44 bits per heavy atom. The third-order valence-corrected chi connectivity index (χ3v) is 9.92.